The van der Waals surface area contributed by atoms with E-state index in [0.717, 1.165) is 0 Å². The molecule has 0 heterocycles. The van der Waals surface area contributed by atoms with Gasteiger partial charge in [0.2, 0.25) is 0 Å². The largest absolute Gasteiger partial charge is 0.481 e. The minimum absolute atomic E-state index is 0.262. The molecule has 2 unspecified atom stereocenters. The summed E-state index contributed by atoms with van der Waals surface area (Å²) in [7, 11) is 0. The lowest BCUT2D eigenvalue weighted by Crippen LogP contribution is -2.41. The summed E-state index contributed by atoms with van der Waals surface area (Å²) in [5, 5.41) is 19.1. The highest BCUT2D eigenvalue weighted by molar-refractivity contribution is 5.75. The Hall–Kier alpha value is -1.09. The molecule has 0 aromatic heterocycles. The van der Waals surface area contributed by atoms with Gasteiger partial charge in [-0.2, -0.15) is 0 Å². The van der Waals surface area contributed by atoms with Gasteiger partial charge in [0.15, 0.2) is 0 Å². The van der Waals surface area contributed by atoms with Gasteiger partial charge in [0, 0.05) is 0 Å². The Balaban J connectivity index is 2.88. The third-order valence-corrected chi connectivity index (χ3v) is 2.34. The molecule has 0 bridgehead atoms. The van der Waals surface area contributed by atoms with Crippen molar-refractivity contribution in [2.45, 2.75) is 25.9 Å². The van der Waals surface area contributed by atoms with Gasteiger partial charge in [0.05, 0.1) is 0 Å². The molecule has 0 aliphatic heterocycles. The van der Waals surface area contributed by atoms with Gasteiger partial charge >= 0.3 is 5.97 Å². The zero-order chi connectivity index (χ0) is 10.8. The maximum Gasteiger partial charge on any atom is 0.313 e. The Kier molecular flexibility index (Phi) is 3.11. The first-order chi connectivity index (χ1) is 6.46. The van der Waals surface area contributed by atoms with E-state index in [1.54, 1.807) is 18.2 Å². The maximum atomic E-state index is 10.9. The van der Waals surface area contributed by atoms with Crippen LogP contribution in [0.2, 0.25) is 0 Å². The van der Waals surface area contributed by atoms with Crippen LogP contribution >= 0.6 is 0 Å². The van der Waals surface area contributed by atoms with E-state index in [9.17, 15) is 9.90 Å². The summed E-state index contributed by atoms with van der Waals surface area (Å²) >= 11 is 0. The predicted octanol–water partition coefficient (Wildman–Crippen LogP) is 1.59. The molecule has 0 aromatic rings. The lowest BCUT2D eigenvalue weighted by atomic mass is 9.78. The summed E-state index contributed by atoms with van der Waals surface area (Å²) in [6, 6.07) is 0. The second-order valence-corrected chi connectivity index (χ2v) is 4.15. The summed E-state index contributed by atoms with van der Waals surface area (Å²) in [5.41, 5.74) is -1.23. The molecule has 14 heavy (non-hydrogen) atoms. The second kappa shape index (κ2) is 3.96. The van der Waals surface area contributed by atoms with Gasteiger partial charge in [-0.25, -0.2) is 0 Å². The molecule has 3 nitrogen and oxygen atoms in total. The first-order valence-corrected chi connectivity index (χ1v) is 4.77. The summed E-state index contributed by atoms with van der Waals surface area (Å²) in [6.45, 7) is 3.92. The van der Waals surface area contributed by atoms with Crippen LogP contribution in [0, 0.1) is 11.8 Å². The number of carbonyl (C=O) groups is 1. The van der Waals surface area contributed by atoms with Crippen molar-refractivity contribution >= 4 is 5.97 Å². The number of carboxylic acid groups (broad SMARTS) is 1. The van der Waals surface area contributed by atoms with Crippen molar-refractivity contribution in [3.63, 3.8) is 0 Å². The number of rotatable bonds is 3. The van der Waals surface area contributed by atoms with Crippen molar-refractivity contribution in [1.29, 1.82) is 0 Å². The van der Waals surface area contributed by atoms with Crippen LogP contribution in [-0.4, -0.2) is 21.8 Å². The summed E-state index contributed by atoms with van der Waals surface area (Å²) in [4.78, 5) is 10.9. The Morgan fingerprint density at radius 2 is 2.14 bits per heavy atom. The van der Waals surface area contributed by atoms with Crippen molar-refractivity contribution in [2.75, 3.05) is 0 Å². The van der Waals surface area contributed by atoms with E-state index in [1.165, 1.54) is 6.08 Å². The first kappa shape index (κ1) is 11.0. The zero-order valence-corrected chi connectivity index (χ0v) is 8.47. The molecule has 3 heteroatoms. The highest BCUT2D eigenvalue weighted by Crippen LogP contribution is 2.31. The van der Waals surface area contributed by atoms with Crippen molar-refractivity contribution < 1.29 is 15.0 Å². The van der Waals surface area contributed by atoms with Gasteiger partial charge in [-0.3, -0.25) is 4.79 Å². The van der Waals surface area contributed by atoms with E-state index >= 15 is 0 Å². The maximum absolute atomic E-state index is 10.9. The molecular weight excluding hydrogens is 180 g/mol. The number of allylic oxidation sites excluding steroid dienone is 2. The molecule has 0 fully saturated rings. The van der Waals surface area contributed by atoms with Gasteiger partial charge in [-0.05, 0) is 12.3 Å². The molecule has 1 rings (SSSR count). The smallest absolute Gasteiger partial charge is 0.313 e. The van der Waals surface area contributed by atoms with Gasteiger partial charge in [-0.15, -0.1) is 0 Å². The molecule has 2 atom stereocenters. The zero-order valence-electron chi connectivity index (χ0n) is 8.47. The fraction of sp³-hybridized carbons (Fsp3) is 0.545. The molecule has 1 aliphatic carbocycles. The minimum Gasteiger partial charge on any atom is -0.481 e. The number of aliphatic hydroxyl groups is 1. The molecule has 2 N–H and O–H groups in total. The van der Waals surface area contributed by atoms with Gasteiger partial charge in [0.25, 0.3) is 0 Å². The van der Waals surface area contributed by atoms with Crippen LogP contribution in [0.25, 0.3) is 0 Å². The van der Waals surface area contributed by atoms with Crippen LogP contribution < -0.4 is 0 Å². The number of aliphatic carboxylic acids is 1. The minimum atomic E-state index is -1.23. The fourth-order valence-corrected chi connectivity index (χ4v) is 1.81. The quantitative estimate of drug-likeness (QED) is 0.720. The monoisotopic (exact) mass is 196 g/mol. The Morgan fingerprint density at radius 3 is 2.64 bits per heavy atom. The molecule has 0 spiro atoms. The number of hydrogen-bond donors (Lipinski definition) is 2. The molecule has 0 amide bonds. The van der Waals surface area contributed by atoms with Crippen LogP contribution in [0.1, 0.15) is 20.3 Å². The van der Waals surface area contributed by atoms with Crippen molar-refractivity contribution in [3.8, 4) is 0 Å². The molecule has 0 radical (unpaired) electrons. The fourth-order valence-electron chi connectivity index (χ4n) is 1.81. The summed E-state index contributed by atoms with van der Waals surface area (Å²) in [6.07, 6.45) is 6.93. The molecular formula is C11H16O3. The third-order valence-electron chi connectivity index (χ3n) is 2.34. The number of carboxylic acids is 1. The molecule has 78 valence electrons. The van der Waals surface area contributed by atoms with Crippen LogP contribution in [0.5, 0.6) is 0 Å². The second-order valence-electron chi connectivity index (χ2n) is 4.15. The molecule has 0 saturated carbocycles. The Morgan fingerprint density at radius 1 is 1.50 bits per heavy atom. The standard InChI is InChI=1S/C11H16O3/c1-8(2)7-11(14)6-4-3-5-9(11)10(12)13/h3-6,8-9,14H,7H2,1-2H3,(H,12,13). The average molecular weight is 196 g/mol. The topological polar surface area (TPSA) is 57.5 Å². The van der Waals surface area contributed by atoms with Crippen LogP contribution in [-0.2, 0) is 4.79 Å². The van der Waals surface area contributed by atoms with Crippen molar-refractivity contribution in [1.82, 2.24) is 0 Å². The SMILES string of the molecule is CC(C)CC1(O)C=CC=CC1C(=O)O. The van der Waals surface area contributed by atoms with Crippen molar-refractivity contribution in [2.24, 2.45) is 11.8 Å². The molecule has 1 aliphatic rings. The van der Waals surface area contributed by atoms with E-state index in [1.807, 2.05) is 13.8 Å². The normalized spacial score (nSPS) is 31.0. The van der Waals surface area contributed by atoms with E-state index in [4.69, 9.17) is 5.11 Å². The summed E-state index contributed by atoms with van der Waals surface area (Å²) < 4.78 is 0. The Labute approximate surface area is 83.8 Å². The molecule has 0 aromatic carbocycles. The van der Waals surface area contributed by atoms with Crippen LogP contribution in [0.3, 0.4) is 0 Å². The third kappa shape index (κ3) is 2.23. The van der Waals surface area contributed by atoms with E-state index < -0.39 is 17.5 Å². The lowest BCUT2D eigenvalue weighted by molar-refractivity contribution is -0.146. The van der Waals surface area contributed by atoms with Crippen LogP contribution in [0.15, 0.2) is 24.3 Å². The van der Waals surface area contributed by atoms with Crippen LogP contribution in [0.4, 0.5) is 0 Å². The predicted molar refractivity (Wildman–Crippen MR) is 53.8 cm³/mol. The number of hydrogen-bond acceptors (Lipinski definition) is 2. The van der Waals surface area contributed by atoms with Gasteiger partial charge in [-0.1, -0.05) is 38.2 Å². The van der Waals surface area contributed by atoms with Gasteiger partial charge < -0.3 is 10.2 Å². The Bertz CT molecular complexity index is 278. The van der Waals surface area contributed by atoms with E-state index in [2.05, 4.69) is 0 Å². The average Bonchev–Trinajstić information content (AvgIpc) is 2.01. The van der Waals surface area contributed by atoms with Gasteiger partial charge in [0.1, 0.15) is 11.5 Å². The van der Waals surface area contributed by atoms with E-state index in [0.29, 0.717) is 6.42 Å². The molecule has 0 saturated heterocycles. The van der Waals surface area contributed by atoms with Crippen molar-refractivity contribution in [3.05, 3.63) is 24.3 Å². The summed E-state index contributed by atoms with van der Waals surface area (Å²) in [5.74, 6) is -1.54. The highest BCUT2D eigenvalue weighted by atomic mass is 16.4. The highest BCUT2D eigenvalue weighted by Gasteiger charge is 2.39. The van der Waals surface area contributed by atoms with E-state index in [-0.39, 0.29) is 5.92 Å². The lowest BCUT2D eigenvalue weighted by Gasteiger charge is -2.32. The first-order valence-electron chi connectivity index (χ1n) is 4.77.